The minimum absolute atomic E-state index is 0.0331. The van der Waals surface area contributed by atoms with Crippen LogP contribution in [0.2, 0.25) is 13.6 Å². The molecule has 6 aromatic carbocycles. The van der Waals surface area contributed by atoms with E-state index >= 15 is 8.78 Å². The van der Waals surface area contributed by atoms with Crippen molar-refractivity contribution in [2.75, 3.05) is 50.2 Å². The van der Waals surface area contributed by atoms with Crippen molar-refractivity contribution in [2.45, 2.75) is 78.5 Å². The number of nitrogens with zero attached hydrogens (tertiary/aromatic N) is 10. The summed E-state index contributed by atoms with van der Waals surface area (Å²) in [6.07, 6.45) is -2.35. The number of halogens is 4. The number of carbonyl (C=O) groups excluding carboxylic acids is 4. The summed E-state index contributed by atoms with van der Waals surface area (Å²) in [7, 11) is 1.74. The average molecular weight is 1240 g/mol. The number of methoxy groups -OCH3 is 2. The normalized spacial score (nSPS) is 14.6. The van der Waals surface area contributed by atoms with Crippen LogP contribution in [0.3, 0.4) is 0 Å². The van der Waals surface area contributed by atoms with E-state index in [0.717, 1.165) is 39.4 Å². The third kappa shape index (κ3) is 17.2. The van der Waals surface area contributed by atoms with Crippen LogP contribution in [-0.4, -0.2) is 147 Å². The fourth-order valence-electron chi connectivity index (χ4n) is 9.99. The number of nitrogens with one attached hydrogen (secondary N) is 2. The molecule has 2 aliphatic heterocycles. The van der Waals surface area contributed by atoms with E-state index in [4.69, 9.17) is 18.9 Å². The van der Waals surface area contributed by atoms with Gasteiger partial charge in [0.25, 0.3) is 5.91 Å². The van der Waals surface area contributed by atoms with Gasteiger partial charge in [0.05, 0.1) is 88.6 Å². The molecule has 2 saturated heterocycles. The SMILES string of the molecule is COc1ccc(Cn2cc(CN(Cc3ccc(-c4ccc(N5C[C@H](CNC(=O)C(F)F)OC5=O)cc4F)cc3)B(C)O)nn2)cc1.COc1ccc(Cn2nncc2CN(Cc2ccc(-c3ccc(N4C[C@H](CNC(C)=O)OC4=O)cc3F)cc2)B(C)O)cc1. The molecule has 22 nitrogen and oxygen atoms in total. The lowest BCUT2D eigenvalue weighted by Crippen LogP contribution is -2.37. The van der Waals surface area contributed by atoms with E-state index in [0.29, 0.717) is 72.9 Å². The maximum Gasteiger partial charge on any atom is 0.414 e. The predicted molar refractivity (Wildman–Crippen MR) is 327 cm³/mol. The van der Waals surface area contributed by atoms with Crippen molar-refractivity contribution in [1.82, 2.24) is 50.2 Å². The molecule has 4 N–H and O–H groups in total. The predicted octanol–water partition coefficient (Wildman–Crippen LogP) is 7.68. The van der Waals surface area contributed by atoms with Crippen LogP contribution in [0.5, 0.6) is 11.5 Å². The Morgan fingerprint density at radius 2 is 1.11 bits per heavy atom. The van der Waals surface area contributed by atoms with E-state index in [1.54, 1.807) is 73.8 Å². The van der Waals surface area contributed by atoms with E-state index in [2.05, 4.69) is 25.9 Å². The first-order chi connectivity index (χ1) is 43.3. The second-order valence-corrected chi connectivity index (χ2v) is 21.5. The summed E-state index contributed by atoms with van der Waals surface area (Å²) < 4.78 is 79.6. The number of cyclic esters (lactones) is 2. The van der Waals surface area contributed by atoms with E-state index in [1.807, 2.05) is 106 Å². The Morgan fingerprint density at radius 3 is 1.57 bits per heavy atom. The average Bonchev–Trinajstić information content (AvgIpc) is 3.42. The van der Waals surface area contributed by atoms with Crippen molar-refractivity contribution in [3.63, 3.8) is 0 Å². The standard InChI is InChI=1S/C31H32BF3N6O5.C31H34BFN6O5/c1-32(44)39(17-23-18-40(38-37-23)16-21-5-10-25(45-2)11-6-21)15-20-3-7-22(8-4-20)27-12-9-24(13-28(27)33)41-19-26(46-31(41)43)14-36-30(42)29(34)35;1-21(40)34-16-28-20-38(31(41)44-28)25-10-13-29(30(33)14-25)24-8-4-22(5-9-24)17-37(32(2)42)19-26-15-35-36-39(26)18-23-6-11-27(43-3)12-7-23/h3-13,18,26,29,44H,14-17,19H2,1-2H3,(H,36,42);4-15,28,42H,16-20H2,1-3H3,(H,34,40)/t26-;28-/m00/s1. The van der Waals surface area contributed by atoms with E-state index in [9.17, 15) is 38.0 Å². The quantitative estimate of drug-likeness (QED) is 0.0317. The highest BCUT2D eigenvalue weighted by atomic mass is 19.3. The molecule has 28 heteroatoms. The zero-order valence-electron chi connectivity index (χ0n) is 50.0. The number of rotatable bonds is 25. The zero-order chi connectivity index (χ0) is 64.0. The summed E-state index contributed by atoms with van der Waals surface area (Å²) in [5.74, 6) is -1.17. The zero-order valence-corrected chi connectivity index (χ0v) is 50.0. The van der Waals surface area contributed by atoms with Gasteiger partial charge in [-0.2, -0.15) is 8.78 Å². The summed E-state index contributed by atoms with van der Waals surface area (Å²) in [4.78, 5) is 53.1. The number of benzene rings is 6. The van der Waals surface area contributed by atoms with Crippen molar-refractivity contribution in [1.29, 1.82) is 0 Å². The number of carbonyl (C=O) groups is 4. The highest BCUT2D eigenvalue weighted by molar-refractivity contribution is 6.45. The first kappa shape index (κ1) is 64.8. The molecule has 0 saturated carbocycles. The number of amides is 4. The van der Waals surface area contributed by atoms with E-state index in [-0.39, 0.29) is 37.8 Å². The third-order valence-corrected chi connectivity index (χ3v) is 14.9. The molecule has 2 atom stereocenters. The lowest BCUT2D eigenvalue weighted by molar-refractivity contribution is -0.132. The van der Waals surface area contributed by atoms with Gasteiger partial charge in [0.1, 0.15) is 35.3 Å². The summed E-state index contributed by atoms with van der Waals surface area (Å²) in [5, 5.41) is 42.4. The topological polar surface area (TPSA) is 244 Å². The molecule has 10 rings (SSSR count). The maximum absolute atomic E-state index is 15.2. The Balaban J connectivity index is 0.000000214. The van der Waals surface area contributed by atoms with Crippen LogP contribution in [0, 0.1) is 11.6 Å². The van der Waals surface area contributed by atoms with Gasteiger partial charge in [-0.05, 0) is 108 Å². The van der Waals surface area contributed by atoms with Crippen LogP contribution >= 0.6 is 0 Å². The van der Waals surface area contributed by atoms with Crippen LogP contribution in [0.4, 0.5) is 38.5 Å². The smallest absolute Gasteiger partial charge is 0.414 e. The minimum atomic E-state index is -3.17. The monoisotopic (exact) mass is 1240 g/mol. The summed E-state index contributed by atoms with van der Waals surface area (Å²) in [6.45, 7) is 7.56. The van der Waals surface area contributed by atoms with Crippen molar-refractivity contribution in [3.8, 4) is 33.8 Å². The lowest BCUT2D eigenvalue weighted by Gasteiger charge is -2.23. The Morgan fingerprint density at radius 1 is 0.644 bits per heavy atom. The van der Waals surface area contributed by atoms with Gasteiger partial charge in [-0.3, -0.25) is 19.4 Å². The second kappa shape index (κ2) is 30.0. The highest BCUT2D eigenvalue weighted by Gasteiger charge is 2.35. The van der Waals surface area contributed by atoms with Gasteiger partial charge < -0.3 is 49.3 Å². The molecular weight excluding hydrogens is 1170 g/mol. The third-order valence-electron chi connectivity index (χ3n) is 14.9. The van der Waals surface area contributed by atoms with Crippen molar-refractivity contribution in [2.24, 2.45) is 0 Å². The van der Waals surface area contributed by atoms with Crippen molar-refractivity contribution in [3.05, 3.63) is 191 Å². The Kier molecular flexibility index (Phi) is 21.6. The van der Waals surface area contributed by atoms with Crippen LogP contribution in [-0.2, 0) is 58.3 Å². The fraction of sp³-hybridized carbons (Fsp3) is 0.290. The van der Waals surface area contributed by atoms with Crippen molar-refractivity contribution < 1.29 is 65.7 Å². The molecule has 0 radical (unpaired) electrons. The number of ether oxygens (including phenoxy) is 4. The molecule has 0 unspecified atom stereocenters. The first-order valence-electron chi connectivity index (χ1n) is 28.7. The molecule has 0 aliphatic carbocycles. The molecule has 0 spiro atoms. The highest BCUT2D eigenvalue weighted by Crippen LogP contribution is 2.32. The van der Waals surface area contributed by atoms with Crippen molar-refractivity contribution >= 4 is 49.5 Å². The summed E-state index contributed by atoms with van der Waals surface area (Å²) in [6, 6.07) is 39.0. The first-order valence-corrected chi connectivity index (χ1v) is 28.7. The number of anilines is 2. The van der Waals surface area contributed by atoms with E-state index < -0.39 is 62.5 Å². The molecule has 2 fully saturated rings. The Hall–Kier alpha value is -9.63. The van der Waals surface area contributed by atoms with Crippen LogP contribution in [0.15, 0.2) is 146 Å². The van der Waals surface area contributed by atoms with Gasteiger partial charge in [0.2, 0.25) is 5.91 Å². The van der Waals surface area contributed by atoms with E-state index in [1.165, 1.54) is 34.9 Å². The van der Waals surface area contributed by atoms with Gasteiger partial charge in [0.15, 0.2) is 0 Å². The lowest BCUT2D eigenvalue weighted by atomic mass is 9.84. The van der Waals surface area contributed by atoms with Crippen LogP contribution < -0.4 is 29.9 Å². The molecule has 2 aliphatic rings. The fourth-order valence-corrected chi connectivity index (χ4v) is 9.99. The largest absolute Gasteiger partial charge is 0.497 e. The molecule has 0 bridgehead atoms. The van der Waals surface area contributed by atoms with Crippen LogP contribution in [0.25, 0.3) is 22.3 Å². The number of alkyl halides is 2. The van der Waals surface area contributed by atoms with Crippen LogP contribution in [0.1, 0.15) is 40.6 Å². The number of hydrogen-bond acceptors (Lipinski definition) is 16. The molecular formula is C62H66B2F4N12O10. The summed E-state index contributed by atoms with van der Waals surface area (Å²) in [5.41, 5.74) is 8.05. The van der Waals surface area contributed by atoms with Gasteiger partial charge in [0, 0.05) is 44.2 Å². The van der Waals surface area contributed by atoms with Gasteiger partial charge in [-0.15, -0.1) is 10.2 Å². The second-order valence-electron chi connectivity index (χ2n) is 21.5. The molecule has 4 heterocycles. The van der Waals surface area contributed by atoms with Gasteiger partial charge in [-0.1, -0.05) is 83.2 Å². The van der Waals surface area contributed by atoms with Gasteiger partial charge in [-0.25, -0.2) is 27.7 Å². The molecule has 468 valence electrons. The van der Waals surface area contributed by atoms with Gasteiger partial charge >= 0.3 is 32.7 Å². The Labute approximate surface area is 517 Å². The maximum atomic E-state index is 15.2. The number of hydrogen-bond donors (Lipinski definition) is 4. The summed E-state index contributed by atoms with van der Waals surface area (Å²) >= 11 is 0. The minimum Gasteiger partial charge on any atom is -0.497 e. The Bertz CT molecular complexity index is 3740. The molecule has 4 amide bonds. The molecule has 2 aromatic heterocycles. The number of aromatic nitrogens is 6. The molecule has 90 heavy (non-hydrogen) atoms. The molecule has 8 aromatic rings.